The second-order valence-electron chi connectivity index (χ2n) is 7.24. The minimum Gasteiger partial charge on any atom is -0.372 e. The molecule has 0 saturated carbocycles. The Bertz CT molecular complexity index is 934. The Labute approximate surface area is 166 Å². The first kappa shape index (κ1) is 19.9. The highest BCUT2D eigenvalue weighted by Crippen LogP contribution is 2.22. The molecule has 1 N–H and O–H groups in total. The van der Waals surface area contributed by atoms with Crippen molar-refractivity contribution in [3.63, 3.8) is 0 Å². The van der Waals surface area contributed by atoms with E-state index in [4.69, 9.17) is 0 Å². The fourth-order valence-corrected chi connectivity index (χ4v) is 3.52. The monoisotopic (exact) mass is 382 g/mol. The van der Waals surface area contributed by atoms with Crippen LogP contribution >= 0.6 is 0 Å². The third kappa shape index (κ3) is 4.03. The van der Waals surface area contributed by atoms with Crippen LogP contribution in [0.3, 0.4) is 0 Å². The van der Waals surface area contributed by atoms with E-state index in [1.165, 1.54) is 5.69 Å². The summed E-state index contributed by atoms with van der Waals surface area (Å²) < 4.78 is 3.85. The normalized spacial score (nSPS) is 11.4. The molecule has 0 saturated heterocycles. The van der Waals surface area contributed by atoms with Gasteiger partial charge >= 0.3 is 0 Å². The predicted octanol–water partition coefficient (Wildman–Crippen LogP) is 4.00. The van der Waals surface area contributed by atoms with E-state index in [1.54, 1.807) is 0 Å². The lowest BCUT2D eigenvalue weighted by Gasteiger charge is -2.21. The number of hydrogen-bond donors (Lipinski definition) is 1. The van der Waals surface area contributed by atoms with Gasteiger partial charge in [-0.3, -0.25) is 14.2 Å². The Morgan fingerprint density at radius 3 is 2.46 bits per heavy atom. The molecule has 3 aromatic rings. The summed E-state index contributed by atoms with van der Waals surface area (Å²) in [4.78, 5) is 14.7. The zero-order chi connectivity index (χ0) is 20.3. The lowest BCUT2D eigenvalue weighted by Crippen LogP contribution is -2.21. The van der Waals surface area contributed by atoms with Crippen molar-refractivity contribution in [2.75, 3.05) is 23.3 Å². The van der Waals surface area contributed by atoms with E-state index in [9.17, 15) is 4.79 Å². The molecule has 0 atom stereocenters. The van der Waals surface area contributed by atoms with E-state index < -0.39 is 0 Å². The van der Waals surface area contributed by atoms with Crippen molar-refractivity contribution in [3.8, 4) is 0 Å². The Kier molecular flexibility index (Phi) is 6.02. The van der Waals surface area contributed by atoms with Gasteiger partial charge in [-0.2, -0.15) is 10.2 Å². The van der Waals surface area contributed by atoms with Gasteiger partial charge in [0.2, 0.25) is 5.91 Å². The largest absolute Gasteiger partial charge is 0.372 e. The molecular formula is C21H30N6O. The average molecular weight is 383 g/mol. The van der Waals surface area contributed by atoms with Gasteiger partial charge in [-0.25, -0.2) is 0 Å². The van der Waals surface area contributed by atoms with Gasteiger partial charge in [0, 0.05) is 36.9 Å². The van der Waals surface area contributed by atoms with Gasteiger partial charge in [-0.05, 0) is 58.9 Å². The third-order valence-corrected chi connectivity index (χ3v) is 4.99. The number of carbonyl (C=O) groups excluding carboxylic acids is 1. The van der Waals surface area contributed by atoms with Gasteiger partial charge in [-0.15, -0.1) is 0 Å². The first-order chi connectivity index (χ1) is 13.4. The molecule has 0 aliphatic carbocycles. The Hall–Kier alpha value is -2.83. The number of anilines is 2. The van der Waals surface area contributed by atoms with Crippen molar-refractivity contribution in [2.45, 2.75) is 53.6 Å². The second-order valence-corrected chi connectivity index (χ2v) is 7.24. The molecule has 7 nitrogen and oxygen atoms in total. The quantitative estimate of drug-likeness (QED) is 0.639. The lowest BCUT2D eigenvalue weighted by molar-refractivity contribution is -0.116. The van der Waals surface area contributed by atoms with Crippen LogP contribution in [-0.4, -0.2) is 38.6 Å². The number of nitrogens with one attached hydrogen (secondary N) is 1. The minimum atomic E-state index is -0.0202. The van der Waals surface area contributed by atoms with Crippen molar-refractivity contribution < 1.29 is 4.79 Å². The summed E-state index contributed by atoms with van der Waals surface area (Å²) in [5.41, 5.74) is 4.94. The van der Waals surface area contributed by atoms with Gasteiger partial charge in [0.15, 0.2) is 0 Å². The molecule has 0 radical (unpaired) electrons. The fraction of sp³-hybridized carbons (Fsp3) is 0.476. The molecule has 0 spiro atoms. The molecule has 0 aliphatic rings. The smallest absolute Gasteiger partial charge is 0.226 e. The number of nitrogens with zero attached hydrogens (tertiary/aromatic N) is 5. The number of amides is 1. The zero-order valence-corrected chi connectivity index (χ0v) is 17.4. The summed E-state index contributed by atoms with van der Waals surface area (Å²) in [6, 6.07) is 8.27. The highest BCUT2D eigenvalue weighted by Gasteiger charge is 2.15. The van der Waals surface area contributed by atoms with Gasteiger partial charge < -0.3 is 10.2 Å². The molecule has 2 heterocycles. The third-order valence-electron chi connectivity index (χ3n) is 4.99. The standard InChI is InChI=1S/C21H30N6O/c1-6-25(7-2)18-10-8-17(9-11-18)23-20(28)12-13-26-21-16(5)24-27(15(3)4)19(21)14-22-26/h8-11,14-15H,6-7,12-13H2,1-5H3,(H,23,28). The van der Waals surface area contributed by atoms with Gasteiger partial charge in [0.25, 0.3) is 0 Å². The maximum Gasteiger partial charge on any atom is 0.226 e. The number of aryl methyl sites for hydroxylation is 2. The van der Waals surface area contributed by atoms with Crippen molar-refractivity contribution in [1.29, 1.82) is 0 Å². The molecule has 3 rings (SSSR count). The van der Waals surface area contributed by atoms with E-state index in [0.29, 0.717) is 13.0 Å². The molecule has 0 fully saturated rings. The molecule has 1 aromatic carbocycles. The summed E-state index contributed by atoms with van der Waals surface area (Å²) in [7, 11) is 0. The Balaban J connectivity index is 1.63. The van der Waals surface area contributed by atoms with Crippen molar-refractivity contribution in [2.24, 2.45) is 0 Å². The molecule has 7 heteroatoms. The molecule has 0 aliphatic heterocycles. The molecule has 2 aromatic heterocycles. The summed E-state index contributed by atoms with van der Waals surface area (Å²) in [6.07, 6.45) is 2.19. The molecule has 0 unspecified atom stereocenters. The van der Waals surface area contributed by atoms with E-state index >= 15 is 0 Å². The molecular weight excluding hydrogens is 352 g/mol. The van der Waals surface area contributed by atoms with Crippen LogP contribution in [0.4, 0.5) is 11.4 Å². The first-order valence-electron chi connectivity index (χ1n) is 10.00. The summed E-state index contributed by atoms with van der Waals surface area (Å²) >= 11 is 0. The van der Waals surface area contributed by atoms with Gasteiger partial charge in [-0.1, -0.05) is 0 Å². The van der Waals surface area contributed by atoms with Crippen molar-refractivity contribution in [3.05, 3.63) is 36.2 Å². The number of benzene rings is 1. The maximum absolute atomic E-state index is 12.4. The Morgan fingerprint density at radius 2 is 1.86 bits per heavy atom. The number of aromatic nitrogens is 4. The minimum absolute atomic E-state index is 0.0202. The topological polar surface area (TPSA) is 68.0 Å². The maximum atomic E-state index is 12.4. The van der Waals surface area contributed by atoms with E-state index in [-0.39, 0.29) is 11.9 Å². The van der Waals surface area contributed by atoms with Crippen molar-refractivity contribution in [1.82, 2.24) is 19.6 Å². The van der Waals surface area contributed by atoms with Crippen LogP contribution in [0.15, 0.2) is 30.5 Å². The SMILES string of the molecule is CCN(CC)c1ccc(NC(=O)CCn2ncc3c2c(C)nn3C(C)C)cc1. The fourth-order valence-electron chi connectivity index (χ4n) is 3.52. The molecule has 0 bridgehead atoms. The zero-order valence-electron chi connectivity index (χ0n) is 17.4. The highest BCUT2D eigenvalue weighted by atomic mass is 16.1. The van der Waals surface area contributed by atoms with Crippen LogP contribution in [0.1, 0.15) is 45.9 Å². The molecule has 150 valence electrons. The second kappa shape index (κ2) is 8.46. The van der Waals surface area contributed by atoms with E-state index in [1.807, 2.05) is 46.7 Å². The number of carbonyl (C=O) groups is 1. The summed E-state index contributed by atoms with van der Waals surface area (Å²) in [6.45, 7) is 12.9. The van der Waals surface area contributed by atoms with Crippen molar-refractivity contribution >= 4 is 28.3 Å². The number of hydrogen-bond acceptors (Lipinski definition) is 4. The first-order valence-corrected chi connectivity index (χ1v) is 10.00. The Morgan fingerprint density at radius 1 is 1.18 bits per heavy atom. The van der Waals surface area contributed by atoms with E-state index in [0.717, 1.165) is 35.5 Å². The van der Waals surface area contributed by atoms with Gasteiger partial charge in [0.05, 0.1) is 18.4 Å². The van der Waals surface area contributed by atoms with E-state index in [2.05, 4.69) is 48.1 Å². The number of rotatable bonds is 8. The van der Waals surface area contributed by atoms with Gasteiger partial charge in [0.1, 0.15) is 11.0 Å². The van der Waals surface area contributed by atoms with Crippen LogP contribution in [0.2, 0.25) is 0 Å². The lowest BCUT2D eigenvalue weighted by atomic mass is 10.2. The average Bonchev–Trinajstić information content (AvgIpc) is 3.24. The summed E-state index contributed by atoms with van der Waals surface area (Å²) in [5, 5.41) is 12.0. The highest BCUT2D eigenvalue weighted by molar-refractivity contribution is 5.91. The number of fused-ring (bicyclic) bond motifs is 1. The van der Waals surface area contributed by atoms with Crippen LogP contribution in [0.5, 0.6) is 0 Å². The predicted molar refractivity (Wildman–Crippen MR) is 114 cm³/mol. The summed E-state index contributed by atoms with van der Waals surface area (Å²) in [5.74, 6) is -0.0202. The van der Waals surface area contributed by atoms with Crippen LogP contribution in [0, 0.1) is 6.92 Å². The van der Waals surface area contributed by atoms with Crippen LogP contribution in [-0.2, 0) is 11.3 Å². The van der Waals surface area contributed by atoms with Crippen LogP contribution in [0.25, 0.3) is 11.0 Å². The van der Waals surface area contributed by atoms with Crippen LogP contribution < -0.4 is 10.2 Å². The molecule has 28 heavy (non-hydrogen) atoms. The molecule has 1 amide bonds.